The van der Waals surface area contributed by atoms with Crippen molar-refractivity contribution in [3.8, 4) is 17.2 Å². The Hall–Kier alpha value is -3.22. The van der Waals surface area contributed by atoms with Crippen molar-refractivity contribution in [1.29, 1.82) is 0 Å². The summed E-state index contributed by atoms with van der Waals surface area (Å²) in [6, 6.07) is 12.6. The van der Waals surface area contributed by atoms with Gasteiger partial charge in [-0.1, -0.05) is 25.1 Å². The van der Waals surface area contributed by atoms with Gasteiger partial charge >= 0.3 is 0 Å². The maximum absolute atomic E-state index is 13.5. The van der Waals surface area contributed by atoms with Crippen LogP contribution in [0.5, 0.6) is 17.2 Å². The van der Waals surface area contributed by atoms with Crippen LogP contribution in [0.1, 0.15) is 51.7 Å². The minimum atomic E-state index is -0.570. The van der Waals surface area contributed by atoms with Crippen LogP contribution in [0.25, 0.3) is 0 Å². The molecule has 7 nitrogen and oxygen atoms in total. The van der Waals surface area contributed by atoms with Crippen molar-refractivity contribution in [2.75, 3.05) is 21.3 Å². The van der Waals surface area contributed by atoms with Crippen LogP contribution in [-0.2, 0) is 22.6 Å². The van der Waals surface area contributed by atoms with E-state index in [1.54, 1.807) is 26.2 Å². The van der Waals surface area contributed by atoms with Crippen LogP contribution in [0.4, 0.5) is 0 Å². The smallest absolute Gasteiger partial charge is 0.243 e. The van der Waals surface area contributed by atoms with E-state index in [0.29, 0.717) is 30.9 Å². The first kappa shape index (κ1) is 27.0. The molecule has 0 heterocycles. The molecule has 0 saturated carbocycles. The molecule has 2 aromatic rings. The molecule has 0 radical (unpaired) electrons. The second kappa shape index (κ2) is 12.3. The van der Waals surface area contributed by atoms with E-state index in [4.69, 9.17) is 14.2 Å². The highest BCUT2D eigenvalue weighted by Crippen LogP contribution is 2.28. The van der Waals surface area contributed by atoms with Crippen molar-refractivity contribution in [3.63, 3.8) is 0 Å². The fourth-order valence-corrected chi connectivity index (χ4v) is 3.73. The number of hydrogen-bond donors (Lipinski definition) is 1. The number of rotatable bonds is 11. The predicted molar refractivity (Wildman–Crippen MR) is 133 cm³/mol. The maximum Gasteiger partial charge on any atom is 0.243 e. The molecule has 1 unspecified atom stereocenters. The van der Waals surface area contributed by atoms with Crippen molar-refractivity contribution in [2.24, 2.45) is 0 Å². The molecule has 2 rings (SSSR count). The molecule has 0 bridgehead atoms. The number of benzene rings is 2. The van der Waals surface area contributed by atoms with Gasteiger partial charge in [0.05, 0.1) is 21.3 Å². The van der Waals surface area contributed by atoms with Gasteiger partial charge in [-0.3, -0.25) is 9.59 Å². The minimum absolute atomic E-state index is 0.0819. The van der Waals surface area contributed by atoms with E-state index in [9.17, 15) is 9.59 Å². The first-order valence-electron chi connectivity index (χ1n) is 11.6. The fraction of sp³-hybridized carbons (Fsp3) is 0.481. The third-order valence-corrected chi connectivity index (χ3v) is 5.47. The molecule has 0 aliphatic heterocycles. The monoisotopic (exact) mass is 470 g/mol. The molecular weight excluding hydrogens is 432 g/mol. The Morgan fingerprint density at radius 3 is 2.06 bits per heavy atom. The lowest BCUT2D eigenvalue weighted by atomic mass is 10.0. The second-order valence-corrected chi connectivity index (χ2v) is 9.22. The van der Waals surface area contributed by atoms with Crippen LogP contribution >= 0.6 is 0 Å². The highest BCUT2D eigenvalue weighted by molar-refractivity contribution is 5.88. The van der Waals surface area contributed by atoms with Gasteiger partial charge in [0.2, 0.25) is 11.8 Å². The highest BCUT2D eigenvalue weighted by Gasteiger charge is 2.30. The topological polar surface area (TPSA) is 77.1 Å². The summed E-state index contributed by atoms with van der Waals surface area (Å²) in [4.78, 5) is 28.2. The first-order chi connectivity index (χ1) is 16.1. The summed E-state index contributed by atoms with van der Waals surface area (Å²) in [5.74, 6) is 1.78. The third-order valence-electron chi connectivity index (χ3n) is 5.47. The lowest BCUT2D eigenvalue weighted by molar-refractivity contribution is -0.142. The van der Waals surface area contributed by atoms with Gasteiger partial charge in [-0.2, -0.15) is 0 Å². The highest BCUT2D eigenvalue weighted by atomic mass is 16.5. The molecule has 34 heavy (non-hydrogen) atoms. The Kier molecular flexibility index (Phi) is 9.78. The minimum Gasteiger partial charge on any atom is -0.497 e. The molecule has 0 spiro atoms. The molecular formula is C27H38N2O5. The molecule has 7 heteroatoms. The van der Waals surface area contributed by atoms with Crippen LogP contribution in [0.3, 0.4) is 0 Å². The summed E-state index contributed by atoms with van der Waals surface area (Å²) >= 11 is 0. The summed E-state index contributed by atoms with van der Waals surface area (Å²) in [5.41, 5.74) is 1.50. The van der Waals surface area contributed by atoms with E-state index in [0.717, 1.165) is 16.9 Å². The zero-order valence-electron chi connectivity index (χ0n) is 21.4. The number of aryl methyl sites for hydroxylation is 1. The van der Waals surface area contributed by atoms with Gasteiger partial charge in [-0.25, -0.2) is 0 Å². The van der Waals surface area contributed by atoms with Gasteiger partial charge in [0.15, 0.2) is 11.5 Å². The summed E-state index contributed by atoms with van der Waals surface area (Å²) < 4.78 is 15.9. The normalized spacial score (nSPS) is 12.0. The van der Waals surface area contributed by atoms with Crippen LogP contribution < -0.4 is 19.5 Å². The SMILES string of the molecule is CCC(C(=O)NC(C)(C)C)N(Cc1ccc(OC)cc1)C(=O)CCc1ccc(OC)c(OC)c1. The van der Waals surface area contributed by atoms with Crippen LogP contribution in [0.2, 0.25) is 0 Å². The van der Waals surface area contributed by atoms with Crippen LogP contribution in [0.15, 0.2) is 42.5 Å². The van der Waals surface area contributed by atoms with Crippen molar-refractivity contribution in [2.45, 2.75) is 65.1 Å². The summed E-state index contributed by atoms with van der Waals surface area (Å²) in [6.45, 7) is 8.07. The van der Waals surface area contributed by atoms with Crippen molar-refractivity contribution >= 4 is 11.8 Å². The number of hydrogen-bond acceptors (Lipinski definition) is 5. The predicted octanol–water partition coefficient (Wildman–Crippen LogP) is 4.37. The van der Waals surface area contributed by atoms with E-state index in [-0.39, 0.29) is 23.8 Å². The molecule has 2 aromatic carbocycles. The third kappa shape index (κ3) is 7.68. The molecule has 0 fully saturated rings. The average molecular weight is 471 g/mol. The average Bonchev–Trinajstić information content (AvgIpc) is 2.81. The number of carbonyl (C=O) groups is 2. The van der Waals surface area contributed by atoms with E-state index in [2.05, 4.69) is 5.32 Å². The standard InChI is InChI=1S/C27H38N2O5/c1-8-22(26(31)28-27(2,3)4)29(18-20-9-13-21(32-5)14-10-20)25(30)16-12-19-11-15-23(33-6)24(17-19)34-7/h9-11,13-15,17,22H,8,12,16,18H2,1-7H3,(H,28,31). The van der Waals surface area contributed by atoms with E-state index in [1.165, 1.54) is 0 Å². The van der Waals surface area contributed by atoms with Crippen molar-refractivity contribution in [1.82, 2.24) is 10.2 Å². The molecule has 0 aliphatic carbocycles. The summed E-state index contributed by atoms with van der Waals surface area (Å²) in [5, 5.41) is 3.03. The zero-order valence-corrected chi connectivity index (χ0v) is 21.4. The van der Waals surface area contributed by atoms with Gasteiger partial charge in [0.1, 0.15) is 11.8 Å². The van der Waals surface area contributed by atoms with E-state index in [1.807, 2.05) is 70.2 Å². The van der Waals surface area contributed by atoms with Gasteiger partial charge in [0.25, 0.3) is 0 Å². The molecule has 0 aromatic heterocycles. The Morgan fingerprint density at radius 1 is 0.912 bits per heavy atom. The molecule has 1 atom stereocenters. The van der Waals surface area contributed by atoms with E-state index < -0.39 is 6.04 Å². The Morgan fingerprint density at radius 2 is 1.53 bits per heavy atom. The number of methoxy groups -OCH3 is 3. The van der Waals surface area contributed by atoms with Crippen LogP contribution in [-0.4, -0.2) is 49.6 Å². The molecule has 186 valence electrons. The molecule has 1 N–H and O–H groups in total. The lowest BCUT2D eigenvalue weighted by Crippen LogP contribution is -2.53. The quantitative estimate of drug-likeness (QED) is 0.528. The van der Waals surface area contributed by atoms with Crippen molar-refractivity contribution < 1.29 is 23.8 Å². The second-order valence-electron chi connectivity index (χ2n) is 9.22. The number of carbonyl (C=O) groups excluding carboxylic acids is 2. The van der Waals surface area contributed by atoms with Crippen molar-refractivity contribution in [3.05, 3.63) is 53.6 Å². The lowest BCUT2D eigenvalue weighted by Gasteiger charge is -2.33. The van der Waals surface area contributed by atoms with Gasteiger partial charge in [0, 0.05) is 18.5 Å². The number of nitrogens with zero attached hydrogens (tertiary/aromatic N) is 1. The molecule has 0 aliphatic rings. The number of amides is 2. The largest absolute Gasteiger partial charge is 0.497 e. The van der Waals surface area contributed by atoms with Gasteiger partial charge < -0.3 is 24.4 Å². The van der Waals surface area contributed by atoms with E-state index >= 15 is 0 Å². The fourth-order valence-electron chi connectivity index (χ4n) is 3.73. The summed E-state index contributed by atoms with van der Waals surface area (Å²) in [7, 11) is 4.79. The Labute approximate surface area is 203 Å². The number of ether oxygens (including phenoxy) is 3. The molecule has 2 amide bonds. The summed E-state index contributed by atoms with van der Waals surface area (Å²) in [6.07, 6.45) is 1.31. The maximum atomic E-state index is 13.5. The Balaban J connectivity index is 2.25. The Bertz CT molecular complexity index is 950. The number of nitrogens with one attached hydrogen (secondary N) is 1. The first-order valence-corrected chi connectivity index (χ1v) is 11.6. The zero-order chi connectivity index (χ0) is 25.3. The molecule has 0 saturated heterocycles. The van der Waals surface area contributed by atoms with Gasteiger partial charge in [-0.05, 0) is 69.0 Å². The van der Waals surface area contributed by atoms with Crippen LogP contribution in [0, 0.1) is 0 Å². The van der Waals surface area contributed by atoms with Gasteiger partial charge in [-0.15, -0.1) is 0 Å².